The van der Waals surface area contributed by atoms with E-state index in [9.17, 15) is 8.42 Å². The molecule has 0 amide bonds. The second-order valence-corrected chi connectivity index (χ2v) is 6.58. The first-order valence-corrected chi connectivity index (χ1v) is 7.10. The predicted octanol–water partition coefficient (Wildman–Crippen LogP) is 1.82. The lowest BCUT2D eigenvalue weighted by Crippen LogP contribution is -2.46. The third-order valence-corrected chi connectivity index (χ3v) is 5.82. The number of hydrogen-bond donors (Lipinski definition) is 0. The molecule has 1 fully saturated rings. The van der Waals surface area contributed by atoms with Crippen LogP contribution in [0.25, 0.3) is 0 Å². The van der Waals surface area contributed by atoms with E-state index in [-0.39, 0.29) is 11.9 Å². The lowest BCUT2D eigenvalue weighted by molar-refractivity contribution is 0.267. The summed E-state index contributed by atoms with van der Waals surface area (Å²) in [7, 11) is -3.16. The van der Waals surface area contributed by atoms with Gasteiger partial charge in [-0.15, -0.1) is 11.6 Å². The van der Waals surface area contributed by atoms with Gasteiger partial charge < -0.3 is 0 Å². The van der Waals surface area contributed by atoms with E-state index in [2.05, 4.69) is 0 Å². The molecule has 0 aromatic rings. The zero-order valence-electron chi connectivity index (χ0n) is 8.74. The van der Waals surface area contributed by atoms with E-state index in [1.807, 2.05) is 6.92 Å². The molecule has 5 heteroatoms. The van der Waals surface area contributed by atoms with Gasteiger partial charge in [0.15, 0.2) is 0 Å². The molecule has 0 aromatic heterocycles. The highest BCUT2D eigenvalue weighted by atomic mass is 35.5. The minimum Gasteiger partial charge on any atom is -0.212 e. The van der Waals surface area contributed by atoms with Gasteiger partial charge >= 0.3 is 0 Å². The van der Waals surface area contributed by atoms with Crippen LogP contribution in [-0.2, 0) is 10.0 Å². The maximum atomic E-state index is 12.0. The van der Waals surface area contributed by atoms with Gasteiger partial charge in [-0.1, -0.05) is 6.42 Å². The Morgan fingerprint density at radius 2 is 2.14 bits per heavy atom. The van der Waals surface area contributed by atoms with Gasteiger partial charge in [0.1, 0.15) is 0 Å². The third kappa shape index (κ3) is 2.41. The lowest BCUT2D eigenvalue weighted by Gasteiger charge is -2.33. The van der Waals surface area contributed by atoms with E-state index >= 15 is 0 Å². The molecule has 0 radical (unpaired) electrons. The van der Waals surface area contributed by atoms with Crippen molar-refractivity contribution in [3.8, 4) is 0 Å². The summed E-state index contributed by atoms with van der Waals surface area (Å²) in [6.45, 7) is 4.30. The van der Waals surface area contributed by atoms with E-state index in [4.69, 9.17) is 11.6 Å². The topological polar surface area (TPSA) is 37.4 Å². The third-order valence-electron chi connectivity index (χ3n) is 2.79. The SMILES string of the molecule is CC1CCCCN1S(=O)(=O)C(C)CCl. The molecule has 0 spiro atoms. The van der Waals surface area contributed by atoms with Crippen LogP contribution in [0.1, 0.15) is 33.1 Å². The van der Waals surface area contributed by atoms with Gasteiger partial charge in [0.05, 0.1) is 5.25 Å². The maximum Gasteiger partial charge on any atom is 0.218 e. The summed E-state index contributed by atoms with van der Waals surface area (Å²) in [5.41, 5.74) is 0. The largest absolute Gasteiger partial charge is 0.218 e. The predicted molar refractivity (Wildman–Crippen MR) is 59.1 cm³/mol. The van der Waals surface area contributed by atoms with E-state index < -0.39 is 15.3 Å². The summed E-state index contributed by atoms with van der Waals surface area (Å²) in [5, 5.41) is -0.468. The molecule has 0 saturated carbocycles. The van der Waals surface area contributed by atoms with Crippen LogP contribution in [0.5, 0.6) is 0 Å². The number of halogens is 1. The summed E-state index contributed by atoms with van der Waals surface area (Å²) in [6.07, 6.45) is 3.06. The van der Waals surface area contributed by atoms with Crippen molar-refractivity contribution in [3.05, 3.63) is 0 Å². The summed E-state index contributed by atoms with van der Waals surface area (Å²) < 4.78 is 25.6. The molecule has 14 heavy (non-hydrogen) atoms. The van der Waals surface area contributed by atoms with Gasteiger partial charge in [0.2, 0.25) is 10.0 Å². The average molecular weight is 240 g/mol. The highest BCUT2D eigenvalue weighted by Gasteiger charge is 2.33. The molecule has 3 nitrogen and oxygen atoms in total. The van der Waals surface area contributed by atoms with E-state index in [0.717, 1.165) is 19.3 Å². The Kier molecular flexibility index (Phi) is 4.22. The molecular formula is C9H18ClNO2S. The van der Waals surface area contributed by atoms with Gasteiger partial charge in [0, 0.05) is 18.5 Å². The van der Waals surface area contributed by atoms with E-state index in [0.29, 0.717) is 6.54 Å². The van der Waals surface area contributed by atoms with Crippen molar-refractivity contribution < 1.29 is 8.42 Å². The Bertz CT molecular complexity index is 279. The normalized spacial score (nSPS) is 27.5. The van der Waals surface area contributed by atoms with Crippen molar-refractivity contribution in [1.82, 2.24) is 4.31 Å². The van der Waals surface area contributed by atoms with Gasteiger partial charge in [-0.05, 0) is 26.7 Å². The minimum absolute atomic E-state index is 0.138. The summed E-state index contributed by atoms with van der Waals surface area (Å²) in [4.78, 5) is 0. The van der Waals surface area contributed by atoms with Crippen LogP contribution in [0.15, 0.2) is 0 Å². The van der Waals surface area contributed by atoms with Gasteiger partial charge in [0.25, 0.3) is 0 Å². The van der Waals surface area contributed by atoms with Crippen molar-refractivity contribution in [2.24, 2.45) is 0 Å². The van der Waals surface area contributed by atoms with Crippen molar-refractivity contribution >= 4 is 21.6 Å². The zero-order chi connectivity index (χ0) is 10.8. The first-order chi connectivity index (χ1) is 6.50. The fraction of sp³-hybridized carbons (Fsp3) is 1.00. The molecule has 0 aromatic carbocycles. The van der Waals surface area contributed by atoms with Crippen LogP contribution < -0.4 is 0 Å². The number of nitrogens with zero attached hydrogens (tertiary/aromatic N) is 1. The molecule has 1 aliphatic heterocycles. The second kappa shape index (κ2) is 4.81. The van der Waals surface area contributed by atoms with Crippen LogP contribution >= 0.6 is 11.6 Å². The van der Waals surface area contributed by atoms with Crippen LogP contribution in [-0.4, -0.2) is 36.4 Å². The highest BCUT2D eigenvalue weighted by Crippen LogP contribution is 2.22. The van der Waals surface area contributed by atoms with Crippen LogP contribution in [0, 0.1) is 0 Å². The van der Waals surface area contributed by atoms with Crippen molar-refractivity contribution in [2.75, 3.05) is 12.4 Å². The Morgan fingerprint density at radius 3 is 2.64 bits per heavy atom. The molecule has 0 N–H and O–H groups in total. The highest BCUT2D eigenvalue weighted by molar-refractivity contribution is 7.89. The summed E-state index contributed by atoms with van der Waals surface area (Å²) in [6, 6.07) is 0.138. The first-order valence-electron chi connectivity index (χ1n) is 5.06. The quantitative estimate of drug-likeness (QED) is 0.705. The zero-order valence-corrected chi connectivity index (χ0v) is 10.3. The lowest BCUT2D eigenvalue weighted by atomic mass is 10.1. The molecule has 84 valence electrons. The molecule has 0 bridgehead atoms. The van der Waals surface area contributed by atoms with Crippen molar-refractivity contribution in [2.45, 2.75) is 44.4 Å². The standard InChI is InChI=1S/C9H18ClNO2S/c1-8-5-3-4-6-11(8)14(12,13)9(2)7-10/h8-9H,3-7H2,1-2H3. The second-order valence-electron chi connectivity index (χ2n) is 3.97. The Morgan fingerprint density at radius 1 is 1.50 bits per heavy atom. The number of alkyl halides is 1. The van der Waals surface area contributed by atoms with Crippen LogP contribution in [0.3, 0.4) is 0 Å². The van der Waals surface area contributed by atoms with E-state index in [1.54, 1.807) is 11.2 Å². The van der Waals surface area contributed by atoms with Crippen LogP contribution in [0.4, 0.5) is 0 Å². The molecule has 1 heterocycles. The molecule has 2 unspecified atom stereocenters. The monoisotopic (exact) mass is 239 g/mol. The minimum atomic E-state index is -3.16. The first kappa shape index (κ1) is 12.3. The summed E-state index contributed by atoms with van der Waals surface area (Å²) >= 11 is 5.60. The number of rotatable bonds is 3. The smallest absolute Gasteiger partial charge is 0.212 e. The van der Waals surface area contributed by atoms with Crippen molar-refractivity contribution in [3.63, 3.8) is 0 Å². The Labute approximate surface area is 91.5 Å². The molecule has 1 aliphatic rings. The Balaban J connectivity index is 2.80. The fourth-order valence-electron chi connectivity index (χ4n) is 1.76. The maximum absolute atomic E-state index is 12.0. The van der Waals surface area contributed by atoms with E-state index in [1.165, 1.54) is 0 Å². The molecule has 1 rings (SSSR count). The molecular weight excluding hydrogens is 222 g/mol. The number of hydrogen-bond acceptors (Lipinski definition) is 2. The fourth-order valence-corrected chi connectivity index (χ4v) is 3.85. The molecule has 2 atom stereocenters. The van der Waals surface area contributed by atoms with Crippen LogP contribution in [0.2, 0.25) is 0 Å². The Hall–Kier alpha value is 0.200. The number of piperidine rings is 1. The van der Waals surface area contributed by atoms with Gasteiger partial charge in [-0.2, -0.15) is 4.31 Å². The average Bonchev–Trinajstić information content (AvgIpc) is 2.17. The van der Waals surface area contributed by atoms with Gasteiger partial charge in [-0.3, -0.25) is 0 Å². The van der Waals surface area contributed by atoms with Crippen molar-refractivity contribution in [1.29, 1.82) is 0 Å². The molecule has 0 aliphatic carbocycles. The van der Waals surface area contributed by atoms with Gasteiger partial charge in [-0.25, -0.2) is 8.42 Å². The molecule has 1 saturated heterocycles. The summed E-state index contributed by atoms with van der Waals surface area (Å²) in [5.74, 6) is 0.172. The number of sulfonamides is 1.